The van der Waals surface area contributed by atoms with Gasteiger partial charge in [0.05, 0.1) is 10.3 Å². The molecule has 1 aromatic carbocycles. The monoisotopic (exact) mass is 469 g/mol. The van der Waals surface area contributed by atoms with Gasteiger partial charge in [0.25, 0.3) is 5.91 Å². The van der Waals surface area contributed by atoms with Gasteiger partial charge < -0.3 is 14.4 Å². The van der Waals surface area contributed by atoms with Crippen LogP contribution in [0.5, 0.6) is 0 Å². The lowest BCUT2D eigenvalue weighted by molar-refractivity contribution is -0.135. The first-order valence-corrected chi connectivity index (χ1v) is 10.3. The van der Waals surface area contributed by atoms with Crippen molar-refractivity contribution in [1.82, 2.24) is 4.90 Å². The summed E-state index contributed by atoms with van der Waals surface area (Å²) in [5.74, 6) is -10.1. The number of amides is 1. The van der Waals surface area contributed by atoms with E-state index in [1.165, 1.54) is 17.0 Å². The minimum Gasteiger partial charge on any atom is -0.456 e. The molecular weight excluding hydrogens is 453 g/mol. The smallest absolute Gasteiger partial charge is 0.252 e. The van der Waals surface area contributed by atoms with E-state index in [1.54, 1.807) is 26.8 Å². The van der Waals surface area contributed by atoms with E-state index < -0.39 is 40.9 Å². The molecule has 1 atom stereocenters. The van der Waals surface area contributed by atoms with Gasteiger partial charge in [-0.3, -0.25) is 4.79 Å². The van der Waals surface area contributed by atoms with Crippen molar-refractivity contribution in [3.8, 4) is 10.4 Å². The summed E-state index contributed by atoms with van der Waals surface area (Å²) in [6, 6.07) is 2.71. The molecule has 4 nitrogen and oxygen atoms in total. The zero-order valence-corrected chi connectivity index (χ0v) is 17.8. The highest BCUT2D eigenvalue weighted by molar-refractivity contribution is 7.22. The number of fused-ring (bicyclic) bond motifs is 1. The van der Waals surface area contributed by atoms with Crippen LogP contribution >= 0.6 is 11.3 Å². The highest BCUT2D eigenvalue weighted by Crippen LogP contribution is 2.40. The van der Waals surface area contributed by atoms with Crippen molar-refractivity contribution in [2.45, 2.75) is 27.0 Å². The molecule has 2 aromatic heterocycles. The summed E-state index contributed by atoms with van der Waals surface area (Å²) in [5, 5.41) is 10.6. The molecule has 1 aliphatic rings. The number of thiophene rings is 1. The Morgan fingerprint density at radius 2 is 1.62 bits per heavy atom. The molecule has 0 spiro atoms. The van der Waals surface area contributed by atoms with E-state index >= 15 is 0 Å². The maximum Gasteiger partial charge on any atom is 0.252 e. The van der Waals surface area contributed by atoms with Crippen molar-refractivity contribution >= 4 is 33.6 Å². The van der Waals surface area contributed by atoms with Crippen LogP contribution in [0.15, 0.2) is 33.3 Å². The average Bonchev–Trinajstić information content (AvgIpc) is 3.31. The molecule has 3 heterocycles. The number of furan rings is 1. The predicted octanol–water partition coefficient (Wildman–Crippen LogP) is 5.76. The maximum absolute atomic E-state index is 14.1. The highest BCUT2D eigenvalue weighted by atomic mass is 32.1. The molecule has 32 heavy (non-hydrogen) atoms. The number of hydrogen-bond acceptors (Lipinski definition) is 4. The van der Waals surface area contributed by atoms with Gasteiger partial charge in [-0.1, -0.05) is 0 Å². The summed E-state index contributed by atoms with van der Waals surface area (Å²) in [6.07, 6.45) is 0.367. The molecule has 3 aromatic rings. The Balaban J connectivity index is 1.78. The van der Waals surface area contributed by atoms with Crippen molar-refractivity contribution in [2.75, 3.05) is 6.54 Å². The molecule has 168 valence electrons. The number of nitrogens with zero attached hydrogens (tertiary/aromatic N) is 1. The zero-order valence-electron chi connectivity index (χ0n) is 17.0. The predicted molar refractivity (Wildman–Crippen MR) is 109 cm³/mol. The zero-order chi connectivity index (χ0) is 23.5. The lowest BCUT2D eigenvalue weighted by Gasteiger charge is -2.34. The number of carbonyl (C=O) groups excluding carboxylic acids is 1. The van der Waals surface area contributed by atoms with E-state index in [0.29, 0.717) is 33.7 Å². The largest absolute Gasteiger partial charge is 0.456 e. The molecule has 0 radical (unpaired) electrons. The number of aliphatic hydroxyl groups is 1. The minimum absolute atomic E-state index is 0.174. The van der Waals surface area contributed by atoms with Crippen LogP contribution in [0.3, 0.4) is 0 Å². The van der Waals surface area contributed by atoms with Gasteiger partial charge in [-0.2, -0.15) is 0 Å². The standard InChI is InChI=1S/C22H16F5NO3S/c1-4-28-21(29)9(3)8(2)11(22(28)30)5-10-6-13-12(31-10)7-14(32-13)15-16(23)18(25)20(27)19(26)17(15)24/h5-7,22,30H,4H2,1-3H3/b11-5-. The van der Waals surface area contributed by atoms with Gasteiger partial charge in [-0.05, 0) is 32.4 Å². The van der Waals surface area contributed by atoms with Crippen molar-refractivity contribution in [3.05, 3.63) is 63.7 Å². The fraction of sp³-hybridized carbons (Fsp3) is 0.227. The highest BCUT2D eigenvalue weighted by Gasteiger charge is 2.32. The molecule has 10 heteroatoms. The van der Waals surface area contributed by atoms with Gasteiger partial charge >= 0.3 is 0 Å². The van der Waals surface area contributed by atoms with E-state index in [-0.39, 0.29) is 16.4 Å². The number of aliphatic hydroxyl groups excluding tert-OH is 1. The molecule has 0 saturated heterocycles. The second-order valence-corrected chi connectivity index (χ2v) is 8.33. The van der Waals surface area contributed by atoms with Gasteiger partial charge in [0.2, 0.25) is 5.82 Å². The lowest BCUT2D eigenvalue weighted by Crippen LogP contribution is -2.45. The first kappa shape index (κ1) is 22.2. The molecule has 4 rings (SSSR count). The van der Waals surface area contributed by atoms with Crippen molar-refractivity contribution in [3.63, 3.8) is 0 Å². The number of hydrogen-bond donors (Lipinski definition) is 1. The molecule has 1 N–H and O–H groups in total. The number of likely N-dealkylation sites (N-methyl/N-ethyl adjacent to an activating group) is 1. The van der Waals surface area contributed by atoms with Gasteiger partial charge in [0.1, 0.15) is 11.3 Å². The van der Waals surface area contributed by atoms with Gasteiger partial charge in [-0.25, -0.2) is 22.0 Å². The Kier molecular flexibility index (Phi) is 5.46. The lowest BCUT2D eigenvalue weighted by atomic mass is 9.94. The molecule has 0 fully saturated rings. The molecule has 1 unspecified atom stereocenters. The van der Waals surface area contributed by atoms with Crippen LogP contribution in [0, 0.1) is 29.1 Å². The summed E-state index contributed by atoms with van der Waals surface area (Å²) in [6.45, 7) is 5.37. The quantitative estimate of drug-likeness (QED) is 0.302. The maximum atomic E-state index is 14.1. The molecule has 0 saturated carbocycles. The Labute approximate surface area is 182 Å². The van der Waals surface area contributed by atoms with Gasteiger partial charge in [0.15, 0.2) is 29.5 Å². The van der Waals surface area contributed by atoms with Crippen LogP contribution in [0.25, 0.3) is 26.8 Å². The SMILES string of the molecule is CCN1C(=O)C(C)=C(C)/C(=C/c2cc3sc(-c4c(F)c(F)c(F)c(F)c4F)cc3o2)C1O. The van der Waals surface area contributed by atoms with Crippen LogP contribution in [0.1, 0.15) is 26.5 Å². The number of carbonyl (C=O) groups is 1. The minimum atomic E-state index is -2.22. The first-order chi connectivity index (χ1) is 15.1. The third-order valence-electron chi connectivity index (χ3n) is 5.47. The van der Waals surface area contributed by atoms with Crippen LogP contribution < -0.4 is 0 Å². The number of halogens is 5. The summed E-state index contributed by atoms with van der Waals surface area (Å²) >= 11 is 0.795. The van der Waals surface area contributed by atoms with Crippen molar-refractivity contribution in [2.24, 2.45) is 0 Å². The molecule has 1 amide bonds. The Hall–Kier alpha value is -2.98. The van der Waals surface area contributed by atoms with E-state index in [1.807, 2.05) is 0 Å². The summed E-state index contributed by atoms with van der Waals surface area (Å²) in [4.78, 5) is 13.4. The van der Waals surface area contributed by atoms with E-state index in [2.05, 4.69) is 0 Å². The number of rotatable bonds is 3. The molecular formula is C22H16F5NO3S. The topological polar surface area (TPSA) is 53.7 Å². The van der Waals surface area contributed by atoms with Gasteiger partial charge in [-0.15, -0.1) is 11.3 Å². The molecule has 1 aliphatic heterocycles. The van der Waals surface area contributed by atoms with E-state index in [9.17, 15) is 31.9 Å². The molecule has 0 bridgehead atoms. The normalized spacial score (nSPS) is 18.5. The Bertz CT molecular complexity index is 1280. The Morgan fingerprint density at radius 3 is 2.19 bits per heavy atom. The van der Waals surface area contributed by atoms with Crippen LogP contribution in [0.4, 0.5) is 22.0 Å². The van der Waals surface area contributed by atoms with E-state index in [0.717, 1.165) is 11.3 Å². The fourth-order valence-electron chi connectivity index (χ4n) is 3.59. The van der Waals surface area contributed by atoms with Crippen molar-refractivity contribution < 1.29 is 36.3 Å². The van der Waals surface area contributed by atoms with Crippen LogP contribution in [0.2, 0.25) is 0 Å². The fourth-order valence-corrected chi connectivity index (χ4v) is 4.65. The average molecular weight is 469 g/mol. The van der Waals surface area contributed by atoms with Crippen molar-refractivity contribution in [1.29, 1.82) is 0 Å². The second-order valence-electron chi connectivity index (χ2n) is 7.25. The van der Waals surface area contributed by atoms with Crippen LogP contribution in [-0.2, 0) is 4.79 Å². The van der Waals surface area contributed by atoms with Crippen LogP contribution in [-0.4, -0.2) is 28.7 Å². The Morgan fingerprint density at radius 1 is 1.03 bits per heavy atom. The third kappa shape index (κ3) is 3.25. The summed E-state index contributed by atoms with van der Waals surface area (Å²) in [5.41, 5.74) is 0.671. The number of benzene rings is 1. The molecule has 0 aliphatic carbocycles. The second kappa shape index (κ2) is 7.86. The third-order valence-corrected chi connectivity index (χ3v) is 6.55. The summed E-state index contributed by atoms with van der Waals surface area (Å²) < 4.78 is 74.7. The summed E-state index contributed by atoms with van der Waals surface area (Å²) in [7, 11) is 0. The first-order valence-electron chi connectivity index (χ1n) is 9.50. The van der Waals surface area contributed by atoms with E-state index in [4.69, 9.17) is 4.42 Å². The van der Waals surface area contributed by atoms with Gasteiger partial charge in [0, 0.05) is 34.7 Å².